The Labute approximate surface area is 159 Å². The summed E-state index contributed by atoms with van der Waals surface area (Å²) >= 11 is 0. The zero-order valence-electron chi connectivity index (χ0n) is 15.9. The van der Waals surface area contributed by atoms with Gasteiger partial charge in [0.2, 0.25) is 5.69 Å². The maximum absolute atomic E-state index is 11.2. The van der Waals surface area contributed by atoms with Crippen LogP contribution in [-0.4, -0.2) is 0 Å². The second kappa shape index (κ2) is 7.35. The number of aryl methyl sites for hydroxylation is 3. The van der Waals surface area contributed by atoms with E-state index in [9.17, 15) is 14.4 Å². The zero-order chi connectivity index (χ0) is 19.8. The van der Waals surface area contributed by atoms with E-state index < -0.39 is 13.4 Å². The number of rotatable bonds is 4. The molecule has 0 radical (unpaired) electrons. The Kier molecular flexibility index (Phi) is 5.29. The lowest BCUT2D eigenvalue weighted by Gasteiger charge is -2.31. The minimum Gasteiger partial charge on any atom is -0.806 e. The van der Waals surface area contributed by atoms with E-state index in [0.717, 1.165) is 11.1 Å². The van der Waals surface area contributed by atoms with Crippen LogP contribution in [0.1, 0.15) is 29.4 Å². The normalized spacial score (nSPS) is 12.8. The lowest BCUT2D eigenvalue weighted by atomic mass is 10.0. The average Bonchev–Trinajstić information content (AvgIpc) is 2.60. The van der Waals surface area contributed by atoms with Crippen LogP contribution in [-0.2, 0) is 4.57 Å². The van der Waals surface area contributed by atoms with Crippen molar-refractivity contribution in [3.05, 3.63) is 77.9 Å². The molecule has 2 heterocycles. The van der Waals surface area contributed by atoms with Gasteiger partial charge in [0.1, 0.15) is 0 Å². The van der Waals surface area contributed by atoms with Crippen molar-refractivity contribution in [2.75, 3.05) is 0 Å². The molecule has 3 aromatic rings. The van der Waals surface area contributed by atoms with Gasteiger partial charge >= 0.3 is 0 Å². The third-order valence-corrected chi connectivity index (χ3v) is 5.98. The lowest BCUT2D eigenvalue weighted by molar-refractivity contribution is -0.707. The molecule has 140 valence electrons. The summed E-state index contributed by atoms with van der Waals surface area (Å²) in [5.74, 6) is -1.10. The monoisotopic (exact) mass is 382 g/mol. The van der Waals surface area contributed by atoms with Gasteiger partial charge in [0.25, 0.3) is 0 Å². The summed E-state index contributed by atoms with van der Waals surface area (Å²) in [6, 6.07) is 12.0. The predicted molar refractivity (Wildman–Crippen MR) is 100 cm³/mol. The van der Waals surface area contributed by atoms with E-state index >= 15 is 0 Å². The Bertz CT molecular complexity index is 986. The highest BCUT2D eigenvalue weighted by molar-refractivity contribution is 7.48. The van der Waals surface area contributed by atoms with Gasteiger partial charge in [0.05, 0.1) is 0 Å². The fourth-order valence-corrected chi connectivity index (χ4v) is 3.87. The van der Waals surface area contributed by atoms with Gasteiger partial charge in [0.15, 0.2) is 30.6 Å². The van der Waals surface area contributed by atoms with Crippen LogP contribution in [0.25, 0.3) is 16.8 Å². The molecular formula is C21H23N2O3P. The van der Waals surface area contributed by atoms with Gasteiger partial charge in [-0.25, -0.2) is 0 Å². The van der Waals surface area contributed by atoms with Gasteiger partial charge in [-0.15, -0.1) is 0 Å². The van der Waals surface area contributed by atoms with Crippen molar-refractivity contribution in [1.29, 1.82) is 0 Å². The van der Waals surface area contributed by atoms with Gasteiger partial charge < -0.3 is 14.4 Å². The summed E-state index contributed by atoms with van der Waals surface area (Å²) in [5, 5.41) is 0. The van der Waals surface area contributed by atoms with E-state index in [1.54, 1.807) is 12.4 Å². The smallest absolute Gasteiger partial charge is 0.216 e. The fraction of sp³-hybridized carbons (Fsp3) is 0.238. The van der Waals surface area contributed by atoms with Crippen molar-refractivity contribution in [3.63, 3.8) is 0 Å². The Hall–Kier alpha value is -2.33. The quantitative estimate of drug-likeness (QED) is 0.513. The molecule has 1 atom stereocenters. The Morgan fingerprint density at radius 3 is 1.74 bits per heavy atom. The van der Waals surface area contributed by atoms with Crippen molar-refractivity contribution >= 4 is 7.60 Å². The molecule has 6 heteroatoms. The van der Waals surface area contributed by atoms with E-state index in [1.807, 2.05) is 36.7 Å². The first kappa shape index (κ1) is 19.4. The molecule has 27 heavy (non-hydrogen) atoms. The third-order valence-electron chi connectivity index (χ3n) is 4.80. The molecule has 0 saturated carbocycles. The second-order valence-corrected chi connectivity index (χ2v) is 8.77. The highest BCUT2D eigenvalue weighted by Gasteiger charge is 2.17. The number of hydrogen-bond donors (Lipinski definition) is 0. The van der Waals surface area contributed by atoms with Crippen LogP contribution in [0.3, 0.4) is 0 Å². The molecule has 0 bridgehead atoms. The molecule has 0 spiro atoms. The molecule has 0 fully saturated rings. The molecule has 0 aliphatic rings. The van der Waals surface area contributed by atoms with E-state index in [4.69, 9.17) is 0 Å². The maximum Gasteiger partial charge on any atom is 0.216 e. The van der Waals surface area contributed by atoms with E-state index in [1.165, 1.54) is 33.9 Å². The number of aromatic nitrogens is 2. The summed E-state index contributed by atoms with van der Waals surface area (Å²) in [7, 11) is -4.66. The number of nitrogens with zero attached hydrogens (tertiary/aromatic N) is 2. The topological polar surface area (TPSA) is 71.0 Å². The summed E-state index contributed by atoms with van der Waals surface area (Å²) < 4.78 is 14.7. The standard InChI is InChI=1S/C21H23N2O3P/c1-15-13-16(2)21(17(3)14-15)23-11-7-20(8-12-23)19-5-9-22(10-6-19)18(4)27(24,25)26/h5-14,18H,1-4H3. The molecule has 1 aromatic carbocycles. The molecule has 0 aliphatic heterocycles. The van der Waals surface area contributed by atoms with Crippen LogP contribution in [0.5, 0.6) is 0 Å². The Morgan fingerprint density at radius 1 is 0.852 bits per heavy atom. The van der Waals surface area contributed by atoms with E-state index in [2.05, 4.69) is 37.5 Å². The van der Waals surface area contributed by atoms with Gasteiger partial charge in [-0.05, 0) is 44.0 Å². The minimum atomic E-state index is -4.66. The summed E-state index contributed by atoms with van der Waals surface area (Å²) in [6.45, 7) is 7.70. The van der Waals surface area contributed by atoms with Gasteiger partial charge in [-0.3, -0.25) is 0 Å². The fourth-order valence-electron chi connectivity index (χ4n) is 3.39. The van der Waals surface area contributed by atoms with Crippen LogP contribution in [0.4, 0.5) is 0 Å². The second-order valence-electron chi connectivity index (χ2n) is 6.95. The number of hydrogen-bond acceptors (Lipinski definition) is 3. The van der Waals surface area contributed by atoms with Gasteiger partial charge in [0, 0.05) is 49.9 Å². The van der Waals surface area contributed by atoms with Crippen molar-refractivity contribution in [3.8, 4) is 16.8 Å². The van der Waals surface area contributed by atoms with Crippen molar-refractivity contribution < 1.29 is 23.5 Å². The Balaban J connectivity index is 1.89. The van der Waals surface area contributed by atoms with Crippen LogP contribution in [0, 0.1) is 20.8 Å². The minimum absolute atomic E-state index is 0.953. The maximum atomic E-state index is 11.2. The summed E-state index contributed by atoms with van der Waals surface area (Å²) in [4.78, 5) is 22.4. The first-order valence-electron chi connectivity index (χ1n) is 8.79. The van der Waals surface area contributed by atoms with Gasteiger partial charge in [-0.1, -0.05) is 5.56 Å². The zero-order valence-corrected chi connectivity index (χ0v) is 16.8. The van der Waals surface area contributed by atoms with Crippen LogP contribution in [0.15, 0.2) is 61.2 Å². The highest BCUT2D eigenvalue weighted by Crippen LogP contribution is 2.35. The van der Waals surface area contributed by atoms with Crippen LogP contribution >= 0.6 is 7.60 Å². The van der Waals surface area contributed by atoms with Crippen molar-refractivity contribution in [2.24, 2.45) is 0 Å². The molecule has 1 unspecified atom stereocenters. The molecule has 2 aromatic heterocycles. The SMILES string of the molecule is Cc1cc(C)c(-[n+]2ccc(-c3cc[n+](C(C)P(=O)([O-])[O-])cc3)cc2)c(C)c1. The van der Waals surface area contributed by atoms with Crippen molar-refractivity contribution in [1.82, 2.24) is 0 Å². The molecule has 0 amide bonds. The number of pyridine rings is 2. The van der Waals surface area contributed by atoms with Crippen LogP contribution < -0.4 is 18.9 Å². The highest BCUT2D eigenvalue weighted by atomic mass is 31.2. The first-order chi connectivity index (χ1) is 12.7. The molecule has 0 aliphatic carbocycles. The summed E-state index contributed by atoms with van der Waals surface area (Å²) in [5.41, 5.74) is 6.83. The molecule has 5 nitrogen and oxygen atoms in total. The summed E-state index contributed by atoms with van der Waals surface area (Å²) in [6.07, 6.45) is 7.29. The predicted octanol–water partition coefficient (Wildman–Crippen LogP) is 2.28. The largest absolute Gasteiger partial charge is 0.806 e. The Morgan fingerprint density at radius 2 is 1.30 bits per heavy atom. The molecule has 0 saturated heterocycles. The number of benzene rings is 1. The lowest BCUT2D eigenvalue weighted by Crippen LogP contribution is -2.41. The molecular weight excluding hydrogens is 359 g/mol. The van der Waals surface area contributed by atoms with Gasteiger partial charge in [-0.2, -0.15) is 9.13 Å². The average molecular weight is 382 g/mol. The van der Waals surface area contributed by atoms with E-state index in [-0.39, 0.29) is 0 Å². The third kappa shape index (κ3) is 4.16. The van der Waals surface area contributed by atoms with Crippen molar-refractivity contribution in [2.45, 2.75) is 33.5 Å². The molecule has 3 rings (SSSR count). The first-order valence-corrected chi connectivity index (χ1v) is 10.4. The molecule has 0 N–H and O–H groups in total. The van der Waals surface area contributed by atoms with Crippen LogP contribution in [0.2, 0.25) is 0 Å². The van der Waals surface area contributed by atoms with E-state index in [0.29, 0.717) is 0 Å².